The number of anilines is 1. The van der Waals surface area contributed by atoms with Gasteiger partial charge in [-0.1, -0.05) is 13.3 Å². The minimum atomic E-state index is 0.485. The molecule has 2 rings (SSSR count). The molecule has 0 aliphatic rings. The van der Waals surface area contributed by atoms with Crippen LogP contribution in [0.25, 0.3) is 11.2 Å². The van der Waals surface area contributed by atoms with Crippen LogP contribution < -0.4 is 11.1 Å². The Balaban J connectivity index is 2.25. The number of aromatic amines is 1. The zero-order chi connectivity index (χ0) is 12.3. The van der Waals surface area contributed by atoms with Gasteiger partial charge in [0.2, 0.25) is 0 Å². The highest BCUT2D eigenvalue weighted by Gasteiger charge is 2.10. The molecule has 0 saturated heterocycles. The topological polar surface area (TPSA) is 79.6 Å². The van der Waals surface area contributed by atoms with Crippen molar-refractivity contribution in [1.29, 1.82) is 0 Å². The highest BCUT2D eigenvalue weighted by atomic mass is 15.0. The van der Waals surface area contributed by atoms with Crippen LogP contribution in [-0.2, 0) is 6.42 Å². The molecule has 0 aromatic carbocycles. The van der Waals surface area contributed by atoms with Gasteiger partial charge in [-0.15, -0.1) is 0 Å². The van der Waals surface area contributed by atoms with Crippen molar-refractivity contribution in [3.8, 4) is 0 Å². The molecule has 4 N–H and O–H groups in total. The first-order valence-electron chi connectivity index (χ1n) is 6.00. The maximum atomic E-state index is 5.70. The van der Waals surface area contributed by atoms with E-state index in [0.717, 1.165) is 35.6 Å². The average molecular weight is 233 g/mol. The van der Waals surface area contributed by atoms with Crippen molar-refractivity contribution in [2.24, 2.45) is 11.7 Å². The molecule has 0 amide bonds. The highest BCUT2D eigenvalue weighted by Crippen LogP contribution is 2.15. The van der Waals surface area contributed by atoms with E-state index in [1.54, 1.807) is 0 Å². The Labute approximate surface area is 101 Å². The summed E-state index contributed by atoms with van der Waals surface area (Å²) in [5, 5.41) is 3.01. The summed E-state index contributed by atoms with van der Waals surface area (Å²) in [7, 11) is 1.85. The fourth-order valence-electron chi connectivity index (χ4n) is 1.85. The van der Waals surface area contributed by atoms with Crippen LogP contribution in [0.5, 0.6) is 0 Å². The van der Waals surface area contributed by atoms with Crippen molar-refractivity contribution < 1.29 is 0 Å². The number of nitrogens with zero attached hydrogens (tertiary/aromatic N) is 2. The summed E-state index contributed by atoms with van der Waals surface area (Å²) >= 11 is 0. The molecule has 92 valence electrons. The number of fused-ring (bicyclic) bond motifs is 1. The minimum Gasteiger partial charge on any atom is -0.373 e. The SMILES string of the molecule is CCC(CN)Cc1nc2nc(NC)ccc2[nH]1. The van der Waals surface area contributed by atoms with Crippen LogP contribution in [0.15, 0.2) is 12.1 Å². The summed E-state index contributed by atoms with van der Waals surface area (Å²) in [5.74, 6) is 2.29. The third-order valence-corrected chi connectivity index (χ3v) is 3.04. The Morgan fingerprint density at radius 3 is 2.88 bits per heavy atom. The Bertz CT molecular complexity index is 487. The van der Waals surface area contributed by atoms with Gasteiger partial charge in [0.1, 0.15) is 11.6 Å². The molecule has 5 nitrogen and oxygen atoms in total. The molecule has 0 bridgehead atoms. The van der Waals surface area contributed by atoms with E-state index in [2.05, 4.69) is 27.2 Å². The van der Waals surface area contributed by atoms with Crippen LogP contribution in [0.3, 0.4) is 0 Å². The monoisotopic (exact) mass is 233 g/mol. The maximum Gasteiger partial charge on any atom is 0.179 e. The van der Waals surface area contributed by atoms with E-state index >= 15 is 0 Å². The number of H-pyrrole nitrogens is 1. The average Bonchev–Trinajstić information content (AvgIpc) is 2.76. The minimum absolute atomic E-state index is 0.485. The van der Waals surface area contributed by atoms with E-state index in [1.807, 2.05) is 19.2 Å². The Morgan fingerprint density at radius 1 is 1.41 bits per heavy atom. The number of hydrogen-bond donors (Lipinski definition) is 3. The molecule has 0 spiro atoms. The largest absolute Gasteiger partial charge is 0.373 e. The fraction of sp³-hybridized carbons (Fsp3) is 0.500. The van der Waals surface area contributed by atoms with Crippen molar-refractivity contribution in [2.75, 3.05) is 18.9 Å². The number of hydrogen-bond acceptors (Lipinski definition) is 4. The molecule has 2 aromatic rings. The van der Waals surface area contributed by atoms with Gasteiger partial charge in [0.05, 0.1) is 5.52 Å². The third kappa shape index (κ3) is 2.55. The number of aromatic nitrogens is 3. The van der Waals surface area contributed by atoms with Gasteiger partial charge in [-0.05, 0) is 24.6 Å². The molecule has 0 aliphatic heterocycles. The summed E-state index contributed by atoms with van der Waals surface area (Å²) in [4.78, 5) is 12.2. The van der Waals surface area contributed by atoms with E-state index in [0.29, 0.717) is 12.5 Å². The van der Waals surface area contributed by atoms with Crippen molar-refractivity contribution >= 4 is 17.0 Å². The quantitative estimate of drug-likeness (QED) is 0.731. The van der Waals surface area contributed by atoms with Gasteiger partial charge in [-0.25, -0.2) is 9.97 Å². The van der Waals surface area contributed by atoms with Crippen LogP contribution in [0.4, 0.5) is 5.82 Å². The summed E-state index contributed by atoms with van der Waals surface area (Å²) in [6.45, 7) is 2.85. The molecule has 0 radical (unpaired) electrons. The summed E-state index contributed by atoms with van der Waals surface area (Å²) in [6, 6.07) is 3.93. The molecule has 17 heavy (non-hydrogen) atoms. The van der Waals surface area contributed by atoms with E-state index in [-0.39, 0.29) is 0 Å². The standard InChI is InChI=1S/C12H19N5/c1-3-8(7-13)6-11-15-9-4-5-10(14-2)16-12(9)17-11/h4-5,8H,3,6-7,13H2,1-2H3,(H2,14,15,16,17). The van der Waals surface area contributed by atoms with E-state index in [4.69, 9.17) is 5.73 Å². The smallest absolute Gasteiger partial charge is 0.179 e. The second kappa shape index (κ2) is 5.14. The number of nitrogens with two attached hydrogens (primary N) is 1. The number of nitrogens with one attached hydrogen (secondary N) is 2. The van der Waals surface area contributed by atoms with Crippen LogP contribution >= 0.6 is 0 Å². The predicted molar refractivity (Wildman–Crippen MR) is 70.0 cm³/mol. The lowest BCUT2D eigenvalue weighted by atomic mass is 10.0. The third-order valence-electron chi connectivity index (χ3n) is 3.04. The van der Waals surface area contributed by atoms with Crippen molar-refractivity contribution in [3.05, 3.63) is 18.0 Å². The molecule has 1 unspecified atom stereocenters. The Hall–Kier alpha value is -1.62. The molecule has 0 aliphatic carbocycles. The first-order chi connectivity index (χ1) is 8.26. The molecular formula is C12H19N5. The van der Waals surface area contributed by atoms with E-state index in [1.165, 1.54) is 0 Å². The van der Waals surface area contributed by atoms with Gasteiger partial charge in [-0.2, -0.15) is 0 Å². The molecule has 2 heterocycles. The Morgan fingerprint density at radius 2 is 2.24 bits per heavy atom. The lowest BCUT2D eigenvalue weighted by Crippen LogP contribution is -2.16. The molecule has 2 aromatic heterocycles. The normalized spacial score (nSPS) is 12.9. The highest BCUT2D eigenvalue weighted by molar-refractivity contribution is 5.72. The van der Waals surface area contributed by atoms with Gasteiger partial charge >= 0.3 is 0 Å². The molecule has 0 fully saturated rings. The lowest BCUT2D eigenvalue weighted by Gasteiger charge is -2.08. The lowest BCUT2D eigenvalue weighted by molar-refractivity contribution is 0.508. The first kappa shape index (κ1) is 11.9. The Kier molecular flexibility index (Phi) is 3.58. The van der Waals surface area contributed by atoms with E-state index < -0.39 is 0 Å². The predicted octanol–water partition coefficient (Wildman–Crippen LogP) is 1.53. The summed E-state index contributed by atoms with van der Waals surface area (Å²) < 4.78 is 0. The maximum absolute atomic E-state index is 5.70. The molecular weight excluding hydrogens is 214 g/mol. The van der Waals surface area contributed by atoms with Crippen molar-refractivity contribution in [3.63, 3.8) is 0 Å². The number of rotatable bonds is 5. The van der Waals surface area contributed by atoms with Crippen LogP contribution in [0.2, 0.25) is 0 Å². The number of imidazole rings is 1. The van der Waals surface area contributed by atoms with Crippen molar-refractivity contribution in [1.82, 2.24) is 15.0 Å². The van der Waals surface area contributed by atoms with Gasteiger partial charge in [0, 0.05) is 13.5 Å². The second-order valence-corrected chi connectivity index (χ2v) is 4.22. The molecule has 1 atom stereocenters. The number of pyridine rings is 1. The van der Waals surface area contributed by atoms with Gasteiger partial charge in [-0.3, -0.25) is 0 Å². The van der Waals surface area contributed by atoms with Crippen LogP contribution in [-0.4, -0.2) is 28.5 Å². The first-order valence-corrected chi connectivity index (χ1v) is 6.00. The van der Waals surface area contributed by atoms with Crippen molar-refractivity contribution in [2.45, 2.75) is 19.8 Å². The zero-order valence-corrected chi connectivity index (χ0v) is 10.3. The summed E-state index contributed by atoms with van der Waals surface area (Å²) in [5.41, 5.74) is 7.44. The molecule has 0 saturated carbocycles. The second-order valence-electron chi connectivity index (χ2n) is 4.22. The molecule has 5 heteroatoms. The zero-order valence-electron chi connectivity index (χ0n) is 10.3. The van der Waals surface area contributed by atoms with Crippen LogP contribution in [0.1, 0.15) is 19.2 Å². The fourth-order valence-corrected chi connectivity index (χ4v) is 1.85. The summed E-state index contributed by atoms with van der Waals surface area (Å²) in [6.07, 6.45) is 1.96. The van der Waals surface area contributed by atoms with E-state index in [9.17, 15) is 0 Å². The van der Waals surface area contributed by atoms with Gasteiger partial charge in [0.25, 0.3) is 0 Å². The van der Waals surface area contributed by atoms with Gasteiger partial charge in [0.15, 0.2) is 5.65 Å². The van der Waals surface area contributed by atoms with Gasteiger partial charge < -0.3 is 16.0 Å². The van der Waals surface area contributed by atoms with Crippen LogP contribution in [0, 0.1) is 5.92 Å².